The average molecular weight is 241 g/mol. The number of likely N-dealkylation sites (N-methyl/N-ethyl adjacent to an activating group) is 1. The summed E-state index contributed by atoms with van der Waals surface area (Å²) in [5.74, 6) is 0.224. The standard InChI is InChI=1S/C12H23N3O2/c1-13-6-8-14(9-7-13)10-12(17)15-4-2-11(16)3-5-15/h11,16H,2-10H2,1H3. The van der Waals surface area contributed by atoms with E-state index in [4.69, 9.17) is 0 Å². The van der Waals surface area contributed by atoms with Gasteiger partial charge in [-0.25, -0.2) is 0 Å². The van der Waals surface area contributed by atoms with Crippen molar-refractivity contribution in [2.24, 2.45) is 0 Å². The van der Waals surface area contributed by atoms with Crippen LogP contribution in [-0.4, -0.2) is 84.7 Å². The van der Waals surface area contributed by atoms with Crippen molar-refractivity contribution >= 4 is 5.91 Å². The van der Waals surface area contributed by atoms with E-state index >= 15 is 0 Å². The van der Waals surface area contributed by atoms with Crippen LogP contribution < -0.4 is 0 Å². The fraction of sp³-hybridized carbons (Fsp3) is 0.917. The quantitative estimate of drug-likeness (QED) is 0.689. The molecule has 2 aliphatic heterocycles. The summed E-state index contributed by atoms with van der Waals surface area (Å²) >= 11 is 0. The lowest BCUT2D eigenvalue weighted by Gasteiger charge is -2.35. The summed E-state index contributed by atoms with van der Waals surface area (Å²) in [5, 5.41) is 9.41. The van der Waals surface area contributed by atoms with Gasteiger partial charge in [-0.2, -0.15) is 0 Å². The number of rotatable bonds is 2. The van der Waals surface area contributed by atoms with E-state index in [0.717, 1.165) is 39.0 Å². The lowest BCUT2D eigenvalue weighted by atomic mass is 10.1. The Bertz CT molecular complexity index is 256. The number of piperazine rings is 1. The Morgan fingerprint density at radius 2 is 1.71 bits per heavy atom. The summed E-state index contributed by atoms with van der Waals surface area (Å²) in [5.41, 5.74) is 0. The fourth-order valence-corrected chi connectivity index (χ4v) is 2.41. The molecule has 0 radical (unpaired) electrons. The molecule has 0 unspecified atom stereocenters. The Balaban J connectivity index is 1.73. The molecule has 0 saturated carbocycles. The van der Waals surface area contributed by atoms with Crippen LogP contribution in [0.25, 0.3) is 0 Å². The number of likely N-dealkylation sites (tertiary alicyclic amines) is 1. The van der Waals surface area contributed by atoms with E-state index in [1.165, 1.54) is 0 Å². The monoisotopic (exact) mass is 241 g/mol. The van der Waals surface area contributed by atoms with Crippen molar-refractivity contribution in [3.05, 3.63) is 0 Å². The molecule has 0 bridgehead atoms. The molecule has 2 rings (SSSR count). The van der Waals surface area contributed by atoms with E-state index < -0.39 is 0 Å². The highest BCUT2D eigenvalue weighted by molar-refractivity contribution is 5.78. The van der Waals surface area contributed by atoms with Crippen LogP contribution in [-0.2, 0) is 4.79 Å². The molecular formula is C12H23N3O2. The van der Waals surface area contributed by atoms with Crippen LogP contribution in [0.3, 0.4) is 0 Å². The molecule has 1 N–H and O–H groups in total. The zero-order chi connectivity index (χ0) is 12.3. The molecule has 2 fully saturated rings. The largest absolute Gasteiger partial charge is 0.393 e. The zero-order valence-corrected chi connectivity index (χ0v) is 10.6. The number of piperidine rings is 1. The van der Waals surface area contributed by atoms with Crippen LogP contribution in [0.5, 0.6) is 0 Å². The summed E-state index contributed by atoms with van der Waals surface area (Å²) in [6, 6.07) is 0. The maximum absolute atomic E-state index is 12.0. The first kappa shape index (κ1) is 12.8. The number of carbonyl (C=O) groups excluding carboxylic acids is 1. The number of aliphatic hydroxyl groups excluding tert-OH is 1. The number of nitrogens with zero attached hydrogens (tertiary/aromatic N) is 3. The first-order valence-corrected chi connectivity index (χ1v) is 6.52. The molecule has 0 aliphatic carbocycles. The first-order chi connectivity index (χ1) is 8.15. The van der Waals surface area contributed by atoms with Crippen LogP contribution in [0.4, 0.5) is 0 Å². The third-order valence-electron chi connectivity index (χ3n) is 3.77. The van der Waals surface area contributed by atoms with Crippen LogP contribution in [0.15, 0.2) is 0 Å². The molecule has 0 aromatic rings. The lowest BCUT2D eigenvalue weighted by Crippen LogP contribution is -2.50. The van der Waals surface area contributed by atoms with Crippen LogP contribution in [0.2, 0.25) is 0 Å². The van der Waals surface area contributed by atoms with Gasteiger partial charge >= 0.3 is 0 Å². The number of hydrogen-bond acceptors (Lipinski definition) is 4. The number of carbonyl (C=O) groups is 1. The van der Waals surface area contributed by atoms with Crippen molar-refractivity contribution in [1.29, 1.82) is 0 Å². The molecule has 2 saturated heterocycles. The molecule has 0 aromatic heterocycles. The van der Waals surface area contributed by atoms with Gasteiger partial charge in [0.2, 0.25) is 5.91 Å². The van der Waals surface area contributed by atoms with Crippen molar-refractivity contribution in [1.82, 2.24) is 14.7 Å². The van der Waals surface area contributed by atoms with Crippen molar-refractivity contribution in [2.75, 3.05) is 52.9 Å². The minimum absolute atomic E-state index is 0.206. The maximum atomic E-state index is 12.0. The predicted octanol–water partition coefficient (Wildman–Crippen LogP) is -0.783. The van der Waals surface area contributed by atoms with Gasteiger partial charge in [-0.3, -0.25) is 9.69 Å². The summed E-state index contributed by atoms with van der Waals surface area (Å²) < 4.78 is 0. The minimum atomic E-state index is -0.206. The normalized spacial score (nSPS) is 25.2. The molecular weight excluding hydrogens is 218 g/mol. The molecule has 0 spiro atoms. The second-order valence-electron chi connectivity index (χ2n) is 5.19. The van der Waals surface area contributed by atoms with Gasteiger partial charge < -0.3 is 14.9 Å². The number of amides is 1. The first-order valence-electron chi connectivity index (χ1n) is 6.52. The third-order valence-corrected chi connectivity index (χ3v) is 3.77. The topological polar surface area (TPSA) is 47.0 Å². The lowest BCUT2D eigenvalue weighted by molar-refractivity contribution is -0.134. The van der Waals surface area contributed by atoms with Gasteiger partial charge in [0.1, 0.15) is 0 Å². The molecule has 1 amide bonds. The molecule has 0 atom stereocenters. The van der Waals surface area contributed by atoms with E-state index in [1.807, 2.05) is 4.90 Å². The highest BCUT2D eigenvalue weighted by atomic mass is 16.3. The number of hydrogen-bond donors (Lipinski definition) is 1. The summed E-state index contributed by atoms with van der Waals surface area (Å²) in [6.07, 6.45) is 1.26. The molecule has 5 heteroatoms. The highest BCUT2D eigenvalue weighted by Gasteiger charge is 2.23. The molecule has 0 aromatic carbocycles. The summed E-state index contributed by atoms with van der Waals surface area (Å²) in [6.45, 7) is 6.04. The van der Waals surface area contributed by atoms with E-state index in [1.54, 1.807) is 0 Å². The fourth-order valence-electron chi connectivity index (χ4n) is 2.41. The molecule has 5 nitrogen and oxygen atoms in total. The van der Waals surface area contributed by atoms with Crippen LogP contribution >= 0.6 is 0 Å². The molecule has 2 heterocycles. The minimum Gasteiger partial charge on any atom is -0.393 e. The SMILES string of the molecule is CN1CCN(CC(=O)N2CCC(O)CC2)CC1. The van der Waals surface area contributed by atoms with Crippen molar-refractivity contribution in [3.63, 3.8) is 0 Å². The van der Waals surface area contributed by atoms with Gasteiger partial charge in [0.15, 0.2) is 0 Å². The van der Waals surface area contributed by atoms with Gasteiger partial charge in [-0.15, -0.1) is 0 Å². The number of aliphatic hydroxyl groups is 1. The van der Waals surface area contributed by atoms with Gasteiger partial charge in [-0.1, -0.05) is 0 Å². The molecule has 2 aliphatic rings. The smallest absolute Gasteiger partial charge is 0.236 e. The van der Waals surface area contributed by atoms with E-state index in [-0.39, 0.29) is 12.0 Å². The van der Waals surface area contributed by atoms with Crippen LogP contribution in [0.1, 0.15) is 12.8 Å². The Hall–Kier alpha value is -0.650. The Morgan fingerprint density at radius 3 is 2.29 bits per heavy atom. The third kappa shape index (κ3) is 3.66. The average Bonchev–Trinajstić information content (AvgIpc) is 2.33. The zero-order valence-electron chi connectivity index (χ0n) is 10.6. The second-order valence-corrected chi connectivity index (χ2v) is 5.19. The van der Waals surface area contributed by atoms with Crippen LogP contribution in [0, 0.1) is 0 Å². The Labute approximate surface area is 103 Å². The Kier molecular flexibility index (Phi) is 4.36. The van der Waals surface area contributed by atoms with E-state index in [0.29, 0.717) is 19.6 Å². The molecule has 17 heavy (non-hydrogen) atoms. The predicted molar refractivity (Wildman–Crippen MR) is 65.8 cm³/mol. The Morgan fingerprint density at radius 1 is 1.12 bits per heavy atom. The van der Waals surface area contributed by atoms with Gasteiger partial charge in [0, 0.05) is 39.3 Å². The van der Waals surface area contributed by atoms with E-state index in [9.17, 15) is 9.90 Å². The summed E-state index contributed by atoms with van der Waals surface area (Å²) in [7, 11) is 2.12. The van der Waals surface area contributed by atoms with Gasteiger partial charge in [0.25, 0.3) is 0 Å². The maximum Gasteiger partial charge on any atom is 0.236 e. The molecule has 98 valence electrons. The van der Waals surface area contributed by atoms with Crippen molar-refractivity contribution in [3.8, 4) is 0 Å². The van der Waals surface area contributed by atoms with Crippen molar-refractivity contribution < 1.29 is 9.90 Å². The van der Waals surface area contributed by atoms with E-state index in [2.05, 4.69) is 16.8 Å². The highest BCUT2D eigenvalue weighted by Crippen LogP contribution is 2.10. The van der Waals surface area contributed by atoms with Crippen molar-refractivity contribution in [2.45, 2.75) is 18.9 Å². The van der Waals surface area contributed by atoms with Gasteiger partial charge in [-0.05, 0) is 19.9 Å². The second kappa shape index (κ2) is 5.80. The summed E-state index contributed by atoms with van der Waals surface area (Å²) in [4.78, 5) is 18.5. The van der Waals surface area contributed by atoms with Gasteiger partial charge in [0.05, 0.1) is 12.6 Å².